The van der Waals surface area contributed by atoms with Gasteiger partial charge in [-0.05, 0) is 25.0 Å². The van der Waals surface area contributed by atoms with Crippen molar-refractivity contribution in [1.82, 2.24) is 4.31 Å². The molecule has 0 radical (unpaired) electrons. The van der Waals surface area contributed by atoms with Crippen molar-refractivity contribution < 1.29 is 13.3 Å². The topological polar surface area (TPSA) is 107 Å². The molecular formula is C12H18ClN3O4S. The van der Waals surface area contributed by atoms with Crippen LogP contribution in [0.5, 0.6) is 0 Å². The second-order valence-electron chi connectivity index (χ2n) is 4.75. The van der Waals surface area contributed by atoms with Crippen LogP contribution in [0.25, 0.3) is 0 Å². The van der Waals surface area contributed by atoms with E-state index in [2.05, 4.69) is 0 Å². The molecule has 0 spiro atoms. The van der Waals surface area contributed by atoms with Crippen molar-refractivity contribution in [2.45, 2.75) is 30.2 Å². The first-order chi connectivity index (χ1) is 9.46. The van der Waals surface area contributed by atoms with Crippen LogP contribution in [0.1, 0.15) is 19.3 Å². The maximum atomic E-state index is 12.5. The van der Waals surface area contributed by atoms with Crippen LogP contribution in [-0.2, 0) is 10.0 Å². The van der Waals surface area contributed by atoms with Gasteiger partial charge in [0.15, 0.2) is 0 Å². The molecular weight excluding hydrogens is 318 g/mol. The second kappa shape index (κ2) is 7.17. The Kier molecular flexibility index (Phi) is 6.09. The number of nitrogens with zero attached hydrogens (tertiary/aromatic N) is 2. The van der Waals surface area contributed by atoms with Crippen LogP contribution in [0.15, 0.2) is 29.2 Å². The molecule has 2 N–H and O–H groups in total. The van der Waals surface area contributed by atoms with Gasteiger partial charge in [-0.15, -0.1) is 12.4 Å². The number of nitro benzene ring substituents is 1. The highest BCUT2D eigenvalue weighted by Crippen LogP contribution is 2.26. The second-order valence-corrected chi connectivity index (χ2v) is 6.64. The molecule has 21 heavy (non-hydrogen) atoms. The summed E-state index contributed by atoms with van der Waals surface area (Å²) in [5.74, 6) is 0. The van der Waals surface area contributed by atoms with E-state index < -0.39 is 14.9 Å². The molecule has 2 rings (SSSR count). The van der Waals surface area contributed by atoms with Crippen molar-refractivity contribution in [3.8, 4) is 0 Å². The summed E-state index contributed by atoms with van der Waals surface area (Å²) in [6, 6.07) is 4.76. The fraction of sp³-hybridized carbons (Fsp3) is 0.500. The van der Waals surface area contributed by atoms with Crippen molar-refractivity contribution in [3.63, 3.8) is 0 Å². The van der Waals surface area contributed by atoms with Crippen LogP contribution in [0.3, 0.4) is 0 Å². The maximum absolute atomic E-state index is 12.5. The molecule has 118 valence electrons. The minimum atomic E-state index is -3.64. The Bertz CT molecular complexity index is 591. The van der Waals surface area contributed by atoms with Crippen molar-refractivity contribution >= 4 is 28.1 Å². The van der Waals surface area contributed by atoms with E-state index in [9.17, 15) is 18.5 Å². The molecule has 1 unspecified atom stereocenters. The largest absolute Gasteiger partial charge is 0.329 e. The van der Waals surface area contributed by atoms with Crippen LogP contribution in [-0.4, -0.2) is 36.8 Å². The van der Waals surface area contributed by atoms with Gasteiger partial charge in [0.1, 0.15) is 0 Å². The molecule has 1 aliphatic rings. The molecule has 0 aliphatic carbocycles. The lowest BCUT2D eigenvalue weighted by Crippen LogP contribution is -2.47. The Hall–Kier alpha value is -1.22. The van der Waals surface area contributed by atoms with Crippen LogP contribution in [0, 0.1) is 10.1 Å². The number of sulfonamides is 1. The predicted octanol–water partition coefficient (Wildman–Crippen LogP) is 1.52. The van der Waals surface area contributed by atoms with Gasteiger partial charge in [-0.25, -0.2) is 8.42 Å². The summed E-state index contributed by atoms with van der Waals surface area (Å²) in [4.78, 5) is 10.1. The fourth-order valence-electron chi connectivity index (χ4n) is 2.40. The number of hydrogen-bond acceptors (Lipinski definition) is 5. The van der Waals surface area contributed by atoms with Gasteiger partial charge in [0.25, 0.3) is 5.69 Å². The average Bonchev–Trinajstić information content (AvgIpc) is 2.47. The molecule has 1 aromatic rings. The normalized spacial score (nSPS) is 19.8. The number of piperidine rings is 1. The summed E-state index contributed by atoms with van der Waals surface area (Å²) in [7, 11) is -3.64. The molecule has 1 saturated heterocycles. The summed E-state index contributed by atoms with van der Waals surface area (Å²) >= 11 is 0. The van der Waals surface area contributed by atoms with E-state index >= 15 is 0 Å². The van der Waals surface area contributed by atoms with Crippen molar-refractivity contribution in [2.24, 2.45) is 5.73 Å². The Morgan fingerprint density at radius 1 is 1.29 bits per heavy atom. The third-order valence-corrected chi connectivity index (χ3v) is 5.47. The van der Waals surface area contributed by atoms with Crippen LogP contribution in [0.2, 0.25) is 0 Å². The average molecular weight is 336 g/mol. The van der Waals surface area contributed by atoms with E-state index in [4.69, 9.17) is 5.73 Å². The van der Waals surface area contributed by atoms with Gasteiger partial charge in [-0.2, -0.15) is 4.31 Å². The first kappa shape index (κ1) is 17.8. The molecule has 1 aliphatic heterocycles. The van der Waals surface area contributed by atoms with Gasteiger partial charge < -0.3 is 5.73 Å². The van der Waals surface area contributed by atoms with Crippen LogP contribution in [0.4, 0.5) is 5.69 Å². The van der Waals surface area contributed by atoms with E-state index in [1.807, 2.05) is 0 Å². The van der Waals surface area contributed by atoms with Crippen LogP contribution >= 0.6 is 12.4 Å². The standard InChI is InChI=1S/C12H17N3O4S.ClH/c13-9-11-3-1-2-8-14(11)20(18,19)12-6-4-10(5-7-12)15(16)17;/h4-7,11H,1-3,8-9,13H2;1H. The number of halogens is 1. The van der Waals surface area contributed by atoms with Crippen molar-refractivity contribution in [3.05, 3.63) is 34.4 Å². The van der Waals surface area contributed by atoms with E-state index in [1.54, 1.807) is 0 Å². The van der Waals surface area contributed by atoms with Gasteiger partial charge >= 0.3 is 0 Å². The summed E-state index contributed by atoms with van der Waals surface area (Å²) in [5, 5.41) is 10.6. The minimum Gasteiger partial charge on any atom is -0.329 e. The Balaban J connectivity index is 0.00000220. The zero-order valence-corrected chi connectivity index (χ0v) is 13.0. The minimum absolute atomic E-state index is 0. The molecule has 1 fully saturated rings. The van der Waals surface area contributed by atoms with Gasteiger partial charge in [-0.3, -0.25) is 10.1 Å². The number of nitrogens with two attached hydrogens (primary N) is 1. The molecule has 0 amide bonds. The van der Waals surface area contributed by atoms with Gasteiger partial charge in [0, 0.05) is 31.3 Å². The predicted molar refractivity (Wildman–Crippen MR) is 80.9 cm³/mol. The van der Waals surface area contributed by atoms with E-state index in [-0.39, 0.29) is 35.6 Å². The molecule has 1 atom stereocenters. The van der Waals surface area contributed by atoms with Crippen molar-refractivity contribution in [2.75, 3.05) is 13.1 Å². The highest BCUT2D eigenvalue weighted by Gasteiger charge is 2.32. The molecule has 7 nitrogen and oxygen atoms in total. The summed E-state index contributed by atoms with van der Waals surface area (Å²) < 4.78 is 26.5. The van der Waals surface area contributed by atoms with Gasteiger partial charge in [-0.1, -0.05) is 6.42 Å². The Morgan fingerprint density at radius 2 is 1.90 bits per heavy atom. The summed E-state index contributed by atoms with van der Waals surface area (Å²) in [5.41, 5.74) is 5.51. The molecule has 0 bridgehead atoms. The molecule has 1 aromatic carbocycles. The van der Waals surface area contributed by atoms with Crippen molar-refractivity contribution in [1.29, 1.82) is 0 Å². The summed E-state index contributed by atoms with van der Waals surface area (Å²) in [6.45, 7) is 0.730. The first-order valence-corrected chi connectivity index (χ1v) is 7.87. The van der Waals surface area contributed by atoms with Gasteiger partial charge in [0.2, 0.25) is 10.0 Å². The highest BCUT2D eigenvalue weighted by molar-refractivity contribution is 7.89. The molecule has 1 heterocycles. The van der Waals surface area contributed by atoms with Gasteiger partial charge in [0.05, 0.1) is 9.82 Å². The third-order valence-electron chi connectivity index (χ3n) is 3.50. The molecule has 9 heteroatoms. The molecule has 0 saturated carbocycles. The SMILES string of the molecule is Cl.NCC1CCCCN1S(=O)(=O)c1ccc([N+](=O)[O-])cc1. The zero-order chi connectivity index (χ0) is 14.8. The smallest absolute Gasteiger partial charge is 0.269 e. The first-order valence-electron chi connectivity index (χ1n) is 6.43. The lowest BCUT2D eigenvalue weighted by atomic mass is 10.1. The van der Waals surface area contributed by atoms with E-state index in [0.29, 0.717) is 6.54 Å². The molecule has 0 aromatic heterocycles. The Morgan fingerprint density at radius 3 is 2.43 bits per heavy atom. The zero-order valence-electron chi connectivity index (χ0n) is 11.3. The van der Waals surface area contributed by atoms with Crippen LogP contribution < -0.4 is 5.73 Å². The summed E-state index contributed by atoms with van der Waals surface area (Å²) in [6.07, 6.45) is 2.53. The van der Waals surface area contributed by atoms with E-state index in [0.717, 1.165) is 19.3 Å². The number of benzene rings is 1. The number of rotatable bonds is 4. The lowest BCUT2D eigenvalue weighted by Gasteiger charge is -2.33. The van der Waals surface area contributed by atoms with E-state index in [1.165, 1.54) is 28.6 Å². The monoisotopic (exact) mass is 335 g/mol. The lowest BCUT2D eigenvalue weighted by molar-refractivity contribution is -0.384. The highest BCUT2D eigenvalue weighted by atomic mass is 35.5. The fourth-order valence-corrected chi connectivity index (χ4v) is 4.11. The number of non-ortho nitro benzene ring substituents is 1. The number of hydrogen-bond donors (Lipinski definition) is 1. The number of nitro groups is 1. The quantitative estimate of drug-likeness (QED) is 0.663. The Labute approximate surface area is 129 Å². The maximum Gasteiger partial charge on any atom is 0.269 e. The third kappa shape index (κ3) is 3.70.